The molecule has 0 aromatic heterocycles. The van der Waals surface area contributed by atoms with Crippen molar-refractivity contribution in [3.8, 4) is 0 Å². The Kier molecular flexibility index (Phi) is 55.8. The van der Waals surface area contributed by atoms with Gasteiger partial charge in [-0.05, 0) is 77.0 Å². The largest absolute Gasteiger partial charge is 0.394 e. The minimum Gasteiger partial charge on any atom is -0.394 e. The zero-order chi connectivity index (χ0) is 48.5. The summed E-state index contributed by atoms with van der Waals surface area (Å²) in [5, 5.41) is 23.2. The van der Waals surface area contributed by atoms with Crippen molar-refractivity contribution in [1.82, 2.24) is 5.32 Å². The van der Waals surface area contributed by atoms with Crippen molar-refractivity contribution in [2.75, 3.05) is 6.61 Å². The average molecular weight is 933 g/mol. The molecular formula is C63H113NO3. The number of rotatable bonds is 53. The van der Waals surface area contributed by atoms with Gasteiger partial charge in [0.1, 0.15) is 0 Å². The van der Waals surface area contributed by atoms with Gasteiger partial charge in [-0.25, -0.2) is 0 Å². The van der Waals surface area contributed by atoms with Gasteiger partial charge in [0.05, 0.1) is 18.8 Å². The van der Waals surface area contributed by atoms with E-state index in [0.717, 1.165) is 64.2 Å². The Morgan fingerprint density at radius 3 is 1.04 bits per heavy atom. The van der Waals surface area contributed by atoms with Crippen molar-refractivity contribution in [1.29, 1.82) is 0 Å². The van der Waals surface area contributed by atoms with E-state index in [4.69, 9.17) is 0 Å². The molecule has 1 amide bonds. The Morgan fingerprint density at radius 1 is 0.373 bits per heavy atom. The zero-order valence-electron chi connectivity index (χ0n) is 44.7. The number of aliphatic hydroxyl groups excluding tert-OH is 2. The molecule has 0 aromatic rings. The highest BCUT2D eigenvalue weighted by atomic mass is 16.3. The van der Waals surface area contributed by atoms with Gasteiger partial charge in [-0.3, -0.25) is 4.79 Å². The van der Waals surface area contributed by atoms with Crippen LogP contribution in [0.1, 0.15) is 290 Å². The number of aliphatic hydroxyl groups is 2. The third kappa shape index (κ3) is 54.4. The monoisotopic (exact) mass is 932 g/mol. The van der Waals surface area contributed by atoms with Crippen LogP contribution < -0.4 is 5.32 Å². The van der Waals surface area contributed by atoms with Crippen LogP contribution in [0.15, 0.2) is 85.1 Å². The summed E-state index contributed by atoms with van der Waals surface area (Å²) >= 11 is 0. The highest BCUT2D eigenvalue weighted by Gasteiger charge is 2.18. The Morgan fingerprint density at radius 2 is 0.672 bits per heavy atom. The molecule has 0 bridgehead atoms. The van der Waals surface area contributed by atoms with Gasteiger partial charge in [0.15, 0.2) is 0 Å². The van der Waals surface area contributed by atoms with Crippen molar-refractivity contribution in [3.63, 3.8) is 0 Å². The number of allylic oxidation sites excluding steroid dienone is 13. The van der Waals surface area contributed by atoms with Crippen LogP contribution in [0.4, 0.5) is 0 Å². The summed E-state index contributed by atoms with van der Waals surface area (Å²) in [6.45, 7) is 4.20. The maximum atomic E-state index is 12.5. The fourth-order valence-electron chi connectivity index (χ4n) is 8.69. The minimum absolute atomic E-state index is 0.0776. The molecule has 0 saturated heterocycles. The lowest BCUT2D eigenvalue weighted by molar-refractivity contribution is -0.123. The lowest BCUT2D eigenvalue weighted by atomic mass is 10.0. The molecule has 0 aliphatic carbocycles. The van der Waals surface area contributed by atoms with Gasteiger partial charge in [-0.1, -0.05) is 292 Å². The number of unbranched alkanes of at least 4 members (excludes halogenated alkanes) is 34. The molecule has 0 spiro atoms. The molecule has 0 fully saturated rings. The maximum Gasteiger partial charge on any atom is 0.220 e. The van der Waals surface area contributed by atoms with E-state index >= 15 is 0 Å². The van der Waals surface area contributed by atoms with Gasteiger partial charge in [0.25, 0.3) is 0 Å². The molecule has 4 heteroatoms. The van der Waals surface area contributed by atoms with Crippen LogP contribution in [-0.2, 0) is 4.79 Å². The number of carbonyl (C=O) groups is 1. The Labute approximate surface area is 418 Å². The first-order chi connectivity index (χ1) is 33.2. The summed E-state index contributed by atoms with van der Waals surface area (Å²) in [6, 6.07) is -0.647. The van der Waals surface area contributed by atoms with Crippen LogP contribution in [-0.4, -0.2) is 34.9 Å². The fraction of sp³-hybridized carbons (Fsp3) is 0.762. The van der Waals surface area contributed by atoms with Crippen LogP contribution in [0.25, 0.3) is 0 Å². The van der Waals surface area contributed by atoms with E-state index in [1.807, 2.05) is 6.08 Å². The standard InChI is InChI=1S/C63H113NO3/c1-3-5-7-9-11-13-15-17-19-21-23-25-27-29-31-33-34-36-38-40-42-44-46-48-50-52-54-56-58-62(66)61(60-65)64-63(67)59-57-55-53-51-49-47-45-43-41-39-37-35-32-30-28-26-24-22-20-18-16-14-12-10-8-6-4-2/h6,8,12,14,18,20,24,26,30,32,48,50,56,58,61-62,65-66H,3-5,7,9-11,13,15-17,19,21-23,25,27-29,31,33-47,49,51-55,57,59-60H2,1-2H3,(H,64,67)/b8-6-,14-12-,20-18-,26-24-,32-30-,50-48+,58-56+. The van der Waals surface area contributed by atoms with Crippen LogP contribution >= 0.6 is 0 Å². The van der Waals surface area contributed by atoms with E-state index in [2.05, 4.69) is 92.1 Å². The van der Waals surface area contributed by atoms with Crippen molar-refractivity contribution in [2.24, 2.45) is 0 Å². The fourth-order valence-corrected chi connectivity index (χ4v) is 8.69. The molecule has 2 unspecified atom stereocenters. The number of amides is 1. The lowest BCUT2D eigenvalue weighted by Gasteiger charge is -2.19. The zero-order valence-corrected chi connectivity index (χ0v) is 44.7. The molecule has 0 aliphatic rings. The Balaban J connectivity index is 3.55. The molecule has 0 aliphatic heterocycles. The summed E-state index contributed by atoms with van der Waals surface area (Å²) in [4.78, 5) is 12.5. The SMILES string of the molecule is CC/C=C\C/C=C\C/C=C\C/C=C\C/C=C\CCCCCCCCCCCCCC(=O)NC(CO)C(O)/C=C/CC/C=C/CCCCCCCCCCCCCCCCCCCCCCCC. The van der Waals surface area contributed by atoms with E-state index in [1.165, 1.54) is 205 Å². The van der Waals surface area contributed by atoms with E-state index in [-0.39, 0.29) is 12.5 Å². The number of hydrogen-bond acceptors (Lipinski definition) is 3. The quantitative estimate of drug-likeness (QED) is 0.0420. The van der Waals surface area contributed by atoms with Gasteiger partial charge >= 0.3 is 0 Å². The van der Waals surface area contributed by atoms with Crippen molar-refractivity contribution in [3.05, 3.63) is 85.1 Å². The maximum absolute atomic E-state index is 12.5. The van der Waals surface area contributed by atoms with Crippen molar-refractivity contribution >= 4 is 5.91 Å². The van der Waals surface area contributed by atoms with Crippen LogP contribution in [0.3, 0.4) is 0 Å². The molecule has 67 heavy (non-hydrogen) atoms. The molecule has 388 valence electrons. The van der Waals surface area contributed by atoms with E-state index in [9.17, 15) is 15.0 Å². The molecule has 4 nitrogen and oxygen atoms in total. The van der Waals surface area contributed by atoms with Gasteiger partial charge < -0.3 is 15.5 Å². The highest BCUT2D eigenvalue weighted by molar-refractivity contribution is 5.76. The molecular weight excluding hydrogens is 819 g/mol. The van der Waals surface area contributed by atoms with Crippen molar-refractivity contribution in [2.45, 2.75) is 302 Å². The second kappa shape index (κ2) is 57.9. The summed E-state index contributed by atoms with van der Waals surface area (Å²) in [5.74, 6) is -0.0776. The lowest BCUT2D eigenvalue weighted by Crippen LogP contribution is -2.45. The number of carbonyl (C=O) groups excluding carboxylic acids is 1. The minimum atomic E-state index is -0.870. The predicted molar refractivity (Wildman–Crippen MR) is 299 cm³/mol. The molecule has 3 N–H and O–H groups in total. The smallest absolute Gasteiger partial charge is 0.220 e. The Hall–Kier alpha value is -2.43. The first-order valence-corrected chi connectivity index (χ1v) is 29.3. The molecule has 0 rings (SSSR count). The van der Waals surface area contributed by atoms with Gasteiger partial charge in [-0.15, -0.1) is 0 Å². The van der Waals surface area contributed by atoms with Crippen LogP contribution in [0.2, 0.25) is 0 Å². The molecule has 0 aromatic carbocycles. The van der Waals surface area contributed by atoms with Gasteiger partial charge in [-0.2, -0.15) is 0 Å². The third-order valence-electron chi connectivity index (χ3n) is 13.1. The summed E-state index contributed by atoms with van der Waals surface area (Å²) in [7, 11) is 0. The van der Waals surface area contributed by atoms with E-state index in [1.54, 1.807) is 6.08 Å². The predicted octanol–water partition coefficient (Wildman–Crippen LogP) is 19.5. The Bertz CT molecular complexity index is 1190. The third-order valence-corrected chi connectivity index (χ3v) is 13.1. The molecule has 2 atom stereocenters. The van der Waals surface area contributed by atoms with Crippen LogP contribution in [0, 0.1) is 0 Å². The molecule has 0 radical (unpaired) electrons. The normalized spacial score (nSPS) is 13.4. The summed E-state index contributed by atoms with van der Waals surface area (Å²) in [6.07, 6.45) is 84.7. The summed E-state index contributed by atoms with van der Waals surface area (Å²) < 4.78 is 0. The first-order valence-electron chi connectivity index (χ1n) is 29.3. The van der Waals surface area contributed by atoms with Crippen LogP contribution in [0.5, 0.6) is 0 Å². The number of nitrogens with one attached hydrogen (secondary N) is 1. The average Bonchev–Trinajstić information content (AvgIpc) is 3.33. The highest BCUT2D eigenvalue weighted by Crippen LogP contribution is 2.17. The second-order valence-corrected chi connectivity index (χ2v) is 19.7. The van der Waals surface area contributed by atoms with E-state index < -0.39 is 12.1 Å². The molecule has 0 heterocycles. The van der Waals surface area contributed by atoms with Crippen molar-refractivity contribution < 1.29 is 15.0 Å². The van der Waals surface area contributed by atoms with Gasteiger partial charge in [0.2, 0.25) is 5.91 Å². The second-order valence-electron chi connectivity index (χ2n) is 19.7. The first kappa shape index (κ1) is 64.6. The topological polar surface area (TPSA) is 69.6 Å². The summed E-state index contributed by atoms with van der Waals surface area (Å²) in [5.41, 5.74) is 0. The van der Waals surface area contributed by atoms with Gasteiger partial charge in [0, 0.05) is 6.42 Å². The molecule has 0 saturated carbocycles. The van der Waals surface area contributed by atoms with E-state index in [0.29, 0.717) is 6.42 Å². The number of hydrogen-bond donors (Lipinski definition) is 3.